The van der Waals surface area contributed by atoms with Crippen LogP contribution in [-0.4, -0.2) is 0 Å². The minimum absolute atomic E-state index is 0.190. The molecular formula is C15H10N2S2. The average Bonchev–Trinajstić information content (AvgIpc) is 3.07. The van der Waals surface area contributed by atoms with Crippen LogP contribution in [0.2, 0.25) is 0 Å². The van der Waals surface area contributed by atoms with Gasteiger partial charge in [0, 0.05) is 16.7 Å². The second-order valence-electron chi connectivity index (χ2n) is 4.82. The second kappa shape index (κ2) is 3.40. The van der Waals surface area contributed by atoms with Crippen molar-refractivity contribution in [1.29, 1.82) is 0 Å². The number of anilines is 2. The Balaban J connectivity index is 1.89. The highest BCUT2D eigenvalue weighted by atomic mass is 32.1. The summed E-state index contributed by atoms with van der Waals surface area (Å²) >= 11 is 3.62. The topological polar surface area (TPSA) is 24.1 Å². The first-order valence-electron chi connectivity index (χ1n) is 6.23. The Hall–Kier alpha value is -1.78. The Labute approximate surface area is 118 Å². The number of nitrogens with one attached hydrogen (secondary N) is 2. The van der Waals surface area contributed by atoms with Crippen molar-refractivity contribution in [2.75, 3.05) is 10.6 Å². The molecule has 0 unspecified atom stereocenters. The molecule has 19 heavy (non-hydrogen) atoms. The van der Waals surface area contributed by atoms with E-state index in [4.69, 9.17) is 0 Å². The molecule has 0 fully saturated rings. The van der Waals surface area contributed by atoms with Gasteiger partial charge in [-0.25, -0.2) is 0 Å². The van der Waals surface area contributed by atoms with Gasteiger partial charge in [-0.3, -0.25) is 0 Å². The maximum Gasteiger partial charge on any atom is 0.124 e. The highest BCUT2D eigenvalue weighted by Crippen LogP contribution is 2.52. The molecule has 2 aliphatic heterocycles. The number of benzene rings is 1. The summed E-state index contributed by atoms with van der Waals surface area (Å²) < 4.78 is 0. The average molecular weight is 282 g/mol. The third kappa shape index (κ3) is 1.20. The summed E-state index contributed by atoms with van der Waals surface area (Å²) in [6, 6.07) is 11.0. The summed E-state index contributed by atoms with van der Waals surface area (Å²) in [5.74, 6) is 0. The van der Waals surface area contributed by atoms with E-state index in [1.165, 1.54) is 37.8 Å². The van der Waals surface area contributed by atoms with Gasteiger partial charge < -0.3 is 10.6 Å². The van der Waals surface area contributed by atoms with Gasteiger partial charge >= 0.3 is 0 Å². The van der Waals surface area contributed by atoms with Crippen LogP contribution < -0.4 is 10.6 Å². The minimum Gasteiger partial charge on any atom is -0.360 e. The standard InChI is InChI=1S/C15H10N2S2/c1-2-8-12-9(3-1)14-11(5-7-19-14)17-15(12)16-10-4-6-18-13(8)10/h1-7,15-17H. The lowest BCUT2D eigenvalue weighted by molar-refractivity contribution is 0.891. The van der Waals surface area contributed by atoms with Crippen LogP contribution in [0.15, 0.2) is 41.1 Å². The van der Waals surface area contributed by atoms with Crippen molar-refractivity contribution in [2.24, 2.45) is 0 Å². The lowest BCUT2D eigenvalue weighted by atomic mass is 9.90. The van der Waals surface area contributed by atoms with Gasteiger partial charge in [0.25, 0.3) is 0 Å². The largest absolute Gasteiger partial charge is 0.360 e. The molecule has 4 heteroatoms. The predicted molar refractivity (Wildman–Crippen MR) is 83.1 cm³/mol. The Morgan fingerprint density at radius 3 is 1.95 bits per heavy atom. The van der Waals surface area contributed by atoms with Gasteiger partial charge in [0.1, 0.15) is 6.17 Å². The molecule has 0 amide bonds. The molecule has 0 aliphatic carbocycles. The second-order valence-corrected chi connectivity index (χ2v) is 6.65. The molecule has 0 saturated carbocycles. The van der Waals surface area contributed by atoms with Crippen molar-refractivity contribution < 1.29 is 0 Å². The van der Waals surface area contributed by atoms with E-state index in [1.807, 2.05) is 22.7 Å². The van der Waals surface area contributed by atoms with Crippen molar-refractivity contribution in [3.05, 3.63) is 46.7 Å². The Bertz CT molecular complexity index is 738. The van der Waals surface area contributed by atoms with Crippen LogP contribution in [0.3, 0.4) is 0 Å². The molecule has 0 bridgehead atoms. The van der Waals surface area contributed by atoms with E-state index in [0.29, 0.717) is 0 Å². The van der Waals surface area contributed by atoms with Crippen LogP contribution in [0.1, 0.15) is 11.7 Å². The lowest BCUT2D eigenvalue weighted by Crippen LogP contribution is -2.26. The Morgan fingerprint density at radius 1 is 0.789 bits per heavy atom. The molecule has 0 atom stereocenters. The zero-order valence-corrected chi connectivity index (χ0v) is 11.6. The van der Waals surface area contributed by atoms with Crippen molar-refractivity contribution in [1.82, 2.24) is 0 Å². The molecule has 4 heterocycles. The zero-order chi connectivity index (χ0) is 12.4. The number of thiophene rings is 2. The molecule has 2 aromatic heterocycles. The maximum atomic E-state index is 3.61. The van der Waals surface area contributed by atoms with Crippen molar-refractivity contribution in [2.45, 2.75) is 6.17 Å². The normalized spacial score (nSPS) is 14.9. The van der Waals surface area contributed by atoms with Gasteiger partial charge in [-0.2, -0.15) is 0 Å². The SMILES string of the molecule is c1cc2c3c(c1)-c1sccc1NC3Nc1ccsc1-2. The van der Waals surface area contributed by atoms with E-state index < -0.39 is 0 Å². The van der Waals surface area contributed by atoms with Gasteiger partial charge in [0.15, 0.2) is 0 Å². The maximum absolute atomic E-state index is 3.61. The molecule has 2 aliphatic rings. The third-order valence-electron chi connectivity index (χ3n) is 3.81. The van der Waals surface area contributed by atoms with Crippen molar-refractivity contribution in [3.63, 3.8) is 0 Å². The van der Waals surface area contributed by atoms with Crippen LogP contribution in [-0.2, 0) is 0 Å². The molecule has 92 valence electrons. The van der Waals surface area contributed by atoms with Gasteiger partial charge in [-0.15, -0.1) is 22.7 Å². The highest BCUT2D eigenvalue weighted by Gasteiger charge is 2.32. The summed E-state index contributed by atoms with van der Waals surface area (Å²) in [5.41, 5.74) is 6.62. The first kappa shape index (κ1) is 10.1. The summed E-state index contributed by atoms with van der Waals surface area (Å²) in [6.45, 7) is 0. The van der Waals surface area contributed by atoms with E-state index >= 15 is 0 Å². The molecule has 5 rings (SSSR count). The van der Waals surface area contributed by atoms with E-state index in [2.05, 4.69) is 51.7 Å². The summed E-state index contributed by atoms with van der Waals surface area (Å²) in [5, 5.41) is 11.5. The van der Waals surface area contributed by atoms with E-state index in [9.17, 15) is 0 Å². The number of hydrogen-bond donors (Lipinski definition) is 2. The number of hydrogen-bond acceptors (Lipinski definition) is 4. The highest BCUT2D eigenvalue weighted by molar-refractivity contribution is 7.15. The summed E-state index contributed by atoms with van der Waals surface area (Å²) in [7, 11) is 0. The lowest BCUT2D eigenvalue weighted by Gasteiger charge is -2.34. The molecule has 2 N–H and O–H groups in total. The fraction of sp³-hybridized carbons (Fsp3) is 0.0667. The van der Waals surface area contributed by atoms with Crippen LogP contribution >= 0.6 is 22.7 Å². The van der Waals surface area contributed by atoms with Crippen LogP contribution in [0, 0.1) is 0 Å². The first-order chi connectivity index (χ1) is 9.42. The van der Waals surface area contributed by atoms with Gasteiger partial charge in [-0.05, 0) is 22.9 Å². The fourth-order valence-electron chi connectivity index (χ4n) is 3.03. The molecule has 1 aromatic carbocycles. The molecule has 0 radical (unpaired) electrons. The van der Waals surface area contributed by atoms with Crippen LogP contribution in [0.4, 0.5) is 11.4 Å². The van der Waals surface area contributed by atoms with Crippen molar-refractivity contribution in [3.8, 4) is 20.9 Å². The molecule has 0 spiro atoms. The van der Waals surface area contributed by atoms with E-state index in [0.717, 1.165) is 0 Å². The predicted octanol–water partition coefficient (Wildman–Crippen LogP) is 4.99. The Kier molecular flexibility index (Phi) is 1.80. The molecule has 3 aromatic rings. The summed E-state index contributed by atoms with van der Waals surface area (Å²) in [4.78, 5) is 2.71. The Morgan fingerprint density at radius 2 is 1.37 bits per heavy atom. The third-order valence-corrected chi connectivity index (χ3v) is 5.71. The van der Waals surface area contributed by atoms with Crippen LogP contribution in [0.5, 0.6) is 0 Å². The molecular weight excluding hydrogens is 272 g/mol. The van der Waals surface area contributed by atoms with Gasteiger partial charge in [-0.1, -0.05) is 18.2 Å². The van der Waals surface area contributed by atoms with E-state index in [1.54, 1.807) is 0 Å². The monoisotopic (exact) mass is 282 g/mol. The molecule has 0 saturated heterocycles. The van der Waals surface area contributed by atoms with Crippen LogP contribution in [0.25, 0.3) is 20.9 Å². The fourth-order valence-corrected chi connectivity index (χ4v) is 4.82. The quantitative estimate of drug-likeness (QED) is 0.606. The number of fused-ring (bicyclic) bond motifs is 4. The minimum atomic E-state index is 0.190. The smallest absolute Gasteiger partial charge is 0.124 e. The van der Waals surface area contributed by atoms with Gasteiger partial charge in [0.2, 0.25) is 0 Å². The number of rotatable bonds is 0. The first-order valence-corrected chi connectivity index (χ1v) is 7.99. The zero-order valence-electron chi connectivity index (χ0n) is 9.94. The van der Waals surface area contributed by atoms with Crippen molar-refractivity contribution >= 4 is 34.0 Å². The van der Waals surface area contributed by atoms with E-state index in [-0.39, 0.29) is 6.17 Å². The molecule has 2 nitrogen and oxygen atoms in total. The van der Waals surface area contributed by atoms with Gasteiger partial charge in [0.05, 0.1) is 21.1 Å². The summed E-state index contributed by atoms with van der Waals surface area (Å²) in [6.07, 6.45) is 0.190.